The SMILES string of the molecule is O=C1C[C@H](SC(=NCc2ccc(Cl)cc2)Nc2ccccc2)C(=O)N1c1cccc(Br)c1. The highest BCUT2D eigenvalue weighted by Crippen LogP contribution is 2.32. The predicted molar refractivity (Wildman–Crippen MR) is 135 cm³/mol. The second-order valence-corrected chi connectivity index (χ2v) is 9.64. The van der Waals surface area contributed by atoms with Crippen LogP contribution in [0.2, 0.25) is 5.02 Å². The van der Waals surface area contributed by atoms with Gasteiger partial charge in [-0.1, -0.05) is 75.7 Å². The fourth-order valence-corrected chi connectivity index (χ4v) is 4.75. The van der Waals surface area contributed by atoms with Crippen molar-refractivity contribution in [2.24, 2.45) is 4.99 Å². The smallest absolute Gasteiger partial charge is 0.247 e. The van der Waals surface area contributed by atoms with E-state index in [1.165, 1.54) is 16.7 Å². The highest BCUT2D eigenvalue weighted by Gasteiger charge is 2.40. The molecule has 3 aromatic carbocycles. The number of anilines is 2. The molecule has 0 saturated carbocycles. The molecule has 1 aliphatic rings. The second-order valence-electron chi connectivity index (χ2n) is 7.10. The average molecular weight is 529 g/mol. The van der Waals surface area contributed by atoms with Gasteiger partial charge in [-0.15, -0.1) is 0 Å². The van der Waals surface area contributed by atoms with Crippen molar-refractivity contribution >= 4 is 67.6 Å². The highest BCUT2D eigenvalue weighted by atomic mass is 79.9. The number of hydrogen-bond acceptors (Lipinski definition) is 4. The maximum absolute atomic E-state index is 13.1. The summed E-state index contributed by atoms with van der Waals surface area (Å²) in [5, 5.41) is 3.97. The number of carbonyl (C=O) groups is 2. The molecular formula is C24H19BrClN3O2S. The number of carbonyl (C=O) groups excluding carboxylic acids is 2. The molecule has 2 amide bonds. The van der Waals surface area contributed by atoms with Gasteiger partial charge in [-0.2, -0.15) is 0 Å². The Hall–Kier alpha value is -2.61. The average Bonchev–Trinajstić information content (AvgIpc) is 3.06. The zero-order chi connectivity index (χ0) is 22.5. The van der Waals surface area contributed by atoms with Crippen molar-refractivity contribution < 1.29 is 9.59 Å². The highest BCUT2D eigenvalue weighted by molar-refractivity contribution is 9.10. The number of amides is 2. The molecule has 8 heteroatoms. The van der Waals surface area contributed by atoms with Gasteiger partial charge in [-0.05, 0) is 48.0 Å². The number of imide groups is 1. The molecule has 5 nitrogen and oxygen atoms in total. The fourth-order valence-electron chi connectivity index (χ4n) is 3.22. The summed E-state index contributed by atoms with van der Waals surface area (Å²) >= 11 is 10.6. The monoisotopic (exact) mass is 527 g/mol. The van der Waals surface area contributed by atoms with Crippen molar-refractivity contribution in [2.45, 2.75) is 18.2 Å². The number of hydrogen-bond donors (Lipinski definition) is 1. The first-order chi connectivity index (χ1) is 15.5. The summed E-state index contributed by atoms with van der Waals surface area (Å²) in [7, 11) is 0. The Morgan fingerprint density at radius 1 is 1.06 bits per heavy atom. The lowest BCUT2D eigenvalue weighted by Crippen LogP contribution is -2.31. The van der Waals surface area contributed by atoms with Gasteiger partial charge < -0.3 is 5.32 Å². The maximum atomic E-state index is 13.1. The minimum atomic E-state index is -0.554. The first-order valence-electron chi connectivity index (χ1n) is 9.89. The first kappa shape index (κ1) is 22.6. The fraction of sp³-hybridized carbons (Fsp3) is 0.125. The molecule has 0 aromatic heterocycles. The molecule has 0 bridgehead atoms. The van der Waals surface area contributed by atoms with Crippen LogP contribution in [0.1, 0.15) is 12.0 Å². The summed E-state index contributed by atoms with van der Waals surface area (Å²) in [6.45, 7) is 0.420. The lowest BCUT2D eigenvalue weighted by molar-refractivity contribution is -0.121. The van der Waals surface area contributed by atoms with Gasteiger partial charge >= 0.3 is 0 Å². The van der Waals surface area contributed by atoms with Crippen LogP contribution < -0.4 is 10.2 Å². The third kappa shape index (κ3) is 5.59. The predicted octanol–water partition coefficient (Wildman–Crippen LogP) is 6.14. The largest absolute Gasteiger partial charge is 0.335 e. The third-order valence-electron chi connectivity index (χ3n) is 4.77. The van der Waals surface area contributed by atoms with Crippen LogP contribution in [-0.2, 0) is 16.1 Å². The van der Waals surface area contributed by atoms with Gasteiger partial charge in [-0.25, -0.2) is 4.90 Å². The van der Waals surface area contributed by atoms with Gasteiger partial charge in [0.2, 0.25) is 11.8 Å². The number of aliphatic imine (C=N–C) groups is 1. The van der Waals surface area contributed by atoms with E-state index in [4.69, 9.17) is 11.6 Å². The summed E-state index contributed by atoms with van der Waals surface area (Å²) in [5.41, 5.74) is 2.41. The van der Waals surface area contributed by atoms with E-state index in [1.807, 2.05) is 60.7 Å². The van der Waals surface area contributed by atoms with Gasteiger partial charge in [0.05, 0.1) is 12.2 Å². The van der Waals surface area contributed by atoms with Gasteiger partial charge in [-0.3, -0.25) is 14.6 Å². The van der Waals surface area contributed by atoms with Crippen LogP contribution in [-0.4, -0.2) is 22.2 Å². The van der Waals surface area contributed by atoms with Crippen LogP contribution in [0.3, 0.4) is 0 Å². The van der Waals surface area contributed by atoms with Crippen molar-refractivity contribution in [3.63, 3.8) is 0 Å². The van der Waals surface area contributed by atoms with Gasteiger partial charge in [0.1, 0.15) is 5.25 Å². The van der Waals surface area contributed by atoms with E-state index in [2.05, 4.69) is 26.2 Å². The third-order valence-corrected chi connectivity index (χ3v) is 6.62. The zero-order valence-electron chi connectivity index (χ0n) is 16.9. The van der Waals surface area contributed by atoms with Crippen molar-refractivity contribution in [1.82, 2.24) is 0 Å². The van der Waals surface area contributed by atoms with Crippen LogP contribution in [0.15, 0.2) is 88.3 Å². The Kier molecular flexibility index (Phi) is 7.29. The lowest BCUT2D eigenvalue weighted by Gasteiger charge is -2.16. The standard InChI is InChI=1S/C24H19BrClN3O2S/c25-17-5-4-8-20(13-17)29-22(30)14-21(23(29)31)32-24(28-19-6-2-1-3-7-19)27-15-16-9-11-18(26)12-10-16/h1-13,21H,14-15H2,(H,27,28)/t21-/m0/s1. The molecule has 0 radical (unpaired) electrons. The van der Waals surface area contributed by atoms with E-state index in [0.29, 0.717) is 22.4 Å². The number of benzene rings is 3. The molecule has 1 fully saturated rings. The second kappa shape index (κ2) is 10.3. The van der Waals surface area contributed by atoms with E-state index < -0.39 is 5.25 Å². The Morgan fingerprint density at radius 3 is 2.53 bits per heavy atom. The minimum absolute atomic E-state index is 0.118. The van der Waals surface area contributed by atoms with Gasteiger partial charge in [0.15, 0.2) is 5.17 Å². The van der Waals surface area contributed by atoms with E-state index in [-0.39, 0.29) is 18.2 Å². The number of halogens is 2. The van der Waals surface area contributed by atoms with Crippen LogP contribution in [0, 0.1) is 0 Å². The summed E-state index contributed by atoms with van der Waals surface area (Å²) in [6, 6.07) is 24.3. The molecule has 4 rings (SSSR count). The number of para-hydroxylation sites is 1. The summed E-state index contributed by atoms with van der Waals surface area (Å²) in [6.07, 6.45) is 0.118. The lowest BCUT2D eigenvalue weighted by atomic mass is 10.2. The number of nitrogens with zero attached hydrogens (tertiary/aromatic N) is 2. The summed E-state index contributed by atoms with van der Waals surface area (Å²) in [4.78, 5) is 31.7. The number of amidine groups is 1. The van der Waals surface area contributed by atoms with Crippen LogP contribution >= 0.6 is 39.3 Å². The van der Waals surface area contributed by atoms with Crippen molar-refractivity contribution in [2.75, 3.05) is 10.2 Å². The molecule has 3 aromatic rings. The molecule has 1 saturated heterocycles. The molecule has 0 aliphatic carbocycles. The first-order valence-corrected chi connectivity index (χ1v) is 11.9. The van der Waals surface area contributed by atoms with Crippen LogP contribution in [0.5, 0.6) is 0 Å². The van der Waals surface area contributed by atoms with Crippen molar-refractivity contribution in [1.29, 1.82) is 0 Å². The van der Waals surface area contributed by atoms with Crippen molar-refractivity contribution in [3.8, 4) is 0 Å². The Bertz CT molecular complexity index is 1160. The van der Waals surface area contributed by atoms with E-state index in [9.17, 15) is 9.59 Å². The zero-order valence-corrected chi connectivity index (χ0v) is 20.0. The van der Waals surface area contributed by atoms with E-state index in [0.717, 1.165) is 15.7 Å². The van der Waals surface area contributed by atoms with E-state index in [1.54, 1.807) is 18.2 Å². The number of thioether (sulfide) groups is 1. The number of nitrogens with one attached hydrogen (secondary N) is 1. The Morgan fingerprint density at radius 2 is 1.81 bits per heavy atom. The minimum Gasteiger partial charge on any atom is -0.335 e. The van der Waals surface area contributed by atoms with Crippen molar-refractivity contribution in [3.05, 3.63) is 93.9 Å². The maximum Gasteiger partial charge on any atom is 0.247 e. The Balaban J connectivity index is 1.54. The summed E-state index contributed by atoms with van der Waals surface area (Å²) in [5.74, 6) is -0.463. The van der Waals surface area contributed by atoms with Crippen LogP contribution in [0.4, 0.5) is 11.4 Å². The van der Waals surface area contributed by atoms with Gasteiger partial charge in [0, 0.05) is 21.6 Å². The molecule has 1 atom stereocenters. The molecule has 0 spiro atoms. The molecule has 0 unspecified atom stereocenters. The normalized spacial score (nSPS) is 16.5. The topological polar surface area (TPSA) is 61.8 Å². The molecule has 1 heterocycles. The molecule has 1 aliphatic heterocycles. The number of rotatable bonds is 5. The molecule has 162 valence electrons. The quantitative estimate of drug-likeness (QED) is 0.246. The summed E-state index contributed by atoms with van der Waals surface area (Å²) < 4.78 is 0.808. The molecule has 32 heavy (non-hydrogen) atoms. The molecule has 1 N–H and O–H groups in total. The molecular weight excluding hydrogens is 510 g/mol. The van der Waals surface area contributed by atoms with Crippen LogP contribution in [0.25, 0.3) is 0 Å². The Labute approximate surface area is 204 Å². The van der Waals surface area contributed by atoms with E-state index >= 15 is 0 Å². The van der Waals surface area contributed by atoms with Gasteiger partial charge in [0.25, 0.3) is 0 Å².